The van der Waals surface area contributed by atoms with Gasteiger partial charge in [0.05, 0.1) is 37.9 Å². The lowest BCUT2D eigenvalue weighted by Gasteiger charge is -2.48. The van der Waals surface area contributed by atoms with Crippen LogP contribution in [-0.4, -0.2) is 55.4 Å². The lowest BCUT2D eigenvalue weighted by Crippen LogP contribution is -2.61. The van der Waals surface area contributed by atoms with Gasteiger partial charge < -0.3 is 38.4 Å². The van der Waals surface area contributed by atoms with Gasteiger partial charge >= 0.3 is 0 Å². The molecule has 9 nitrogen and oxygen atoms in total. The number of amides is 1. The molecule has 2 aliphatic rings. The molecule has 2 aliphatic heterocycles. The van der Waals surface area contributed by atoms with Crippen LogP contribution in [0.4, 0.5) is 14.5 Å². The Morgan fingerprint density at radius 2 is 1.16 bits per heavy atom. The molecule has 0 saturated carbocycles. The molecule has 2 unspecified atom stereocenters. The fraction of sp³-hybridized carbons (Fsp3) is 0.259. The summed E-state index contributed by atoms with van der Waals surface area (Å²) >= 11 is 0. The zero-order chi connectivity index (χ0) is 47.5. The van der Waals surface area contributed by atoms with E-state index in [1.165, 1.54) is 24.3 Å². The Bertz CT molecular complexity index is 2690. The van der Waals surface area contributed by atoms with Crippen molar-refractivity contribution in [3.05, 3.63) is 228 Å². The molecule has 2 fully saturated rings. The van der Waals surface area contributed by atoms with Crippen LogP contribution in [0.5, 0.6) is 5.75 Å². The van der Waals surface area contributed by atoms with E-state index in [1.54, 1.807) is 36.3 Å². The Balaban J connectivity index is 0.932. The van der Waals surface area contributed by atoms with Crippen molar-refractivity contribution in [3.8, 4) is 16.9 Å². The maximum Gasteiger partial charge on any atom is 0.233 e. The molecule has 9 rings (SSSR count). The van der Waals surface area contributed by atoms with Crippen molar-refractivity contribution in [1.82, 2.24) is 0 Å². The average Bonchev–Trinajstić information content (AvgIpc) is 3.39. The van der Waals surface area contributed by atoms with E-state index in [0.717, 1.165) is 33.4 Å². The highest BCUT2D eigenvalue weighted by Crippen LogP contribution is 2.47. The van der Waals surface area contributed by atoms with Crippen molar-refractivity contribution in [2.24, 2.45) is 5.92 Å². The highest BCUT2D eigenvalue weighted by molar-refractivity contribution is 6.03. The van der Waals surface area contributed by atoms with E-state index in [-0.39, 0.29) is 24.4 Å². The van der Waals surface area contributed by atoms with E-state index in [0.29, 0.717) is 49.7 Å². The number of rotatable bonds is 20. The van der Waals surface area contributed by atoms with Gasteiger partial charge in [-0.05, 0) is 100 Å². The molecule has 354 valence electrons. The number of methoxy groups -OCH3 is 1. The molecule has 69 heavy (non-hydrogen) atoms. The van der Waals surface area contributed by atoms with Crippen LogP contribution in [0.2, 0.25) is 0 Å². The summed E-state index contributed by atoms with van der Waals surface area (Å²) in [6.45, 7) is 1.05. The fourth-order valence-electron chi connectivity index (χ4n) is 9.18. The maximum atomic E-state index is 14.0. The standard InChI is InChI=1S/C58H55F2NO8/c1-64-58-56(68-37-41-16-9-4-10-17-41)55(67-36-40-14-7-3-8-15-40)54(66-35-39-12-5-2-6-13-39)52(69-58)38-65-49-19-11-18-45(34-49)42-20-22-44(23-21-42)53-50(32-33-51(62)43-24-26-46(59)27-25-43)57(63)61(53)48-30-28-47(60)29-31-48/h2-31,34,50-56,58,62H,32-33,35-38H2,1H3/t50?,51-,52+,53?,54+,55-,56+,58-/m0/s1. The number of β-lactam (4-membered cyclic amide) rings is 1. The van der Waals surface area contributed by atoms with Gasteiger partial charge in [-0.3, -0.25) is 4.79 Å². The number of benzene rings is 7. The van der Waals surface area contributed by atoms with Crippen LogP contribution in [0.3, 0.4) is 0 Å². The summed E-state index contributed by atoms with van der Waals surface area (Å²) in [5, 5.41) is 10.9. The Morgan fingerprint density at radius 1 is 0.609 bits per heavy atom. The predicted molar refractivity (Wildman–Crippen MR) is 259 cm³/mol. The highest BCUT2D eigenvalue weighted by atomic mass is 19.1. The Kier molecular flexibility index (Phi) is 15.6. The molecule has 7 aromatic rings. The molecule has 7 aromatic carbocycles. The van der Waals surface area contributed by atoms with E-state index in [4.69, 9.17) is 28.4 Å². The van der Waals surface area contributed by atoms with Crippen molar-refractivity contribution in [2.45, 2.75) is 75.5 Å². The number of nitrogens with zero attached hydrogens (tertiary/aromatic N) is 1. The summed E-state index contributed by atoms with van der Waals surface area (Å²) in [5.74, 6) is -0.699. The van der Waals surface area contributed by atoms with Crippen LogP contribution in [0.1, 0.15) is 52.8 Å². The fourth-order valence-corrected chi connectivity index (χ4v) is 9.18. The number of carbonyl (C=O) groups excluding carboxylic acids is 1. The summed E-state index contributed by atoms with van der Waals surface area (Å²) in [6.07, 6.45) is -3.46. The summed E-state index contributed by atoms with van der Waals surface area (Å²) in [4.78, 5) is 15.4. The second-order valence-corrected chi connectivity index (χ2v) is 17.4. The highest BCUT2D eigenvalue weighted by Gasteiger charge is 2.50. The first-order valence-corrected chi connectivity index (χ1v) is 23.3. The zero-order valence-electron chi connectivity index (χ0n) is 38.3. The number of carbonyl (C=O) groups is 1. The van der Waals surface area contributed by atoms with Crippen molar-refractivity contribution in [1.29, 1.82) is 0 Å². The third-order valence-electron chi connectivity index (χ3n) is 12.8. The minimum absolute atomic E-state index is 0.109. The van der Waals surface area contributed by atoms with Crippen LogP contribution in [0, 0.1) is 17.6 Å². The summed E-state index contributed by atoms with van der Waals surface area (Å²) < 4.78 is 66.9. The largest absolute Gasteiger partial charge is 0.491 e. The van der Waals surface area contributed by atoms with Gasteiger partial charge in [0.2, 0.25) is 5.91 Å². The minimum atomic E-state index is -0.861. The van der Waals surface area contributed by atoms with Gasteiger partial charge in [0, 0.05) is 12.8 Å². The van der Waals surface area contributed by atoms with Crippen molar-refractivity contribution in [3.63, 3.8) is 0 Å². The number of aliphatic hydroxyl groups excluding tert-OH is 1. The number of anilines is 1. The molecule has 8 atom stereocenters. The maximum absolute atomic E-state index is 14.0. The van der Waals surface area contributed by atoms with Gasteiger partial charge in [-0.1, -0.05) is 140 Å². The van der Waals surface area contributed by atoms with E-state index in [9.17, 15) is 18.7 Å². The Hall–Kier alpha value is -6.57. The monoisotopic (exact) mass is 931 g/mol. The van der Waals surface area contributed by atoms with Crippen molar-refractivity contribution < 1.29 is 47.1 Å². The first kappa shape index (κ1) is 47.5. The molecule has 0 aliphatic carbocycles. The lowest BCUT2D eigenvalue weighted by molar-refractivity contribution is -0.320. The summed E-state index contributed by atoms with van der Waals surface area (Å²) in [5.41, 5.74) is 6.91. The molecule has 1 amide bonds. The third-order valence-corrected chi connectivity index (χ3v) is 12.8. The van der Waals surface area contributed by atoms with Crippen LogP contribution in [0.15, 0.2) is 188 Å². The first-order valence-electron chi connectivity index (χ1n) is 23.3. The second-order valence-electron chi connectivity index (χ2n) is 17.4. The molecule has 0 aromatic heterocycles. The number of halogens is 2. The van der Waals surface area contributed by atoms with E-state index in [2.05, 4.69) is 0 Å². The normalized spacial score (nSPS) is 21.7. The number of hydrogen-bond donors (Lipinski definition) is 1. The van der Waals surface area contributed by atoms with Crippen molar-refractivity contribution in [2.75, 3.05) is 18.6 Å². The molecule has 2 heterocycles. The smallest absolute Gasteiger partial charge is 0.233 e. The zero-order valence-corrected chi connectivity index (χ0v) is 38.3. The van der Waals surface area contributed by atoms with Gasteiger partial charge in [0.15, 0.2) is 6.29 Å². The lowest BCUT2D eigenvalue weighted by atomic mass is 9.78. The van der Waals surface area contributed by atoms with Crippen LogP contribution >= 0.6 is 0 Å². The van der Waals surface area contributed by atoms with E-state index in [1.807, 2.05) is 140 Å². The van der Waals surface area contributed by atoms with Gasteiger partial charge in [0.1, 0.15) is 48.4 Å². The van der Waals surface area contributed by atoms with Gasteiger partial charge in [-0.25, -0.2) is 8.78 Å². The topological polar surface area (TPSA) is 95.9 Å². The Labute approximate surface area is 401 Å². The molecule has 2 saturated heterocycles. The molecule has 0 radical (unpaired) electrons. The molecule has 0 spiro atoms. The summed E-state index contributed by atoms with van der Waals surface area (Å²) in [7, 11) is 1.60. The molecule has 0 bridgehead atoms. The Morgan fingerprint density at radius 3 is 1.74 bits per heavy atom. The number of aliphatic hydroxyl groups is 1. The van der Waals surface area contributed by atoms with E-state index >= 15 is 0 Å². The molecular formula is C58H55F2NO8. The molecular weight excluding hydrogens is 877 g/mol. The minimum Gasteiger partial charge on any atom is -0.491 e. The third kappa shape index (κ3) is 11.7. The predicted octanol–water partition coefficient (Wildman–Crippen LogP) is 11.4. The first-order chi connectivity index (χ1) is 33.8. The van der Waals surface area contributed by atoms with Crippen LogP contribution in [0.25, 0.3) is 11.1 Å². The van der Waals surface area contributed by atoms with Gasteiger partial charge in [0.25, 0.3) is 0 Å². The van der Waals surface area contributed by atoms with Crippen LogP contribution < -0.4 is 9.64 Å². The molecule has 1 N–H and O–H groups in total. The second kappa shape index (κ2) is 22.7. The van der Waals surface area contributed by atoms with E-state index < -0.39 is 48.5 Å². The number of hydrogen-bond acceptors (Lipinski definition) is 8. The quantitative estimate of drug-likeness (QED) is 0.0755. The SMILES string of the molecule is CO[C@H]1O[C@H](COc2cccc(-c3ccc(C4C(CC[C@H](O)c5ccc(F)cc5)C(=O)N4c4ccc(F)cc4)cc3)c2)[C@@H](OCc2ccccc2)[C@H](OCc2ccccc2)[C@H]1OCc1ccccc1. The number of ether oxygens (including phenoxy) is 6. The van der Waals surface area contributed by atoms with Crippen molar-refractivity contribution >= 4 is 11.6 Å². The average molecular weight is 932 g/mol. The van der Waals surface area contributed by atoms with Gasteiger partial charge in [-0.2, -0.15) is 0 Å². The summed E-state index contributed by atoms with van der Waals surface area (Å²) in [6, 6.07) is 57.0. The molecule has 11 heteroatoms. The van der Waals surface area contributed by atoms with Gasteiger partial charge in [-0.15, -0.1) is 0 Å². The van der Waals surface area contributed by atoms with Crippen LogP contribution in [-0.2, 0) is 48.3 Å².